The summed E-state index contributed by atoms with van der Waals surface area (Å²) in [7, 11) is 0. The lowest BCUT2D eigenvalue weighted by Gasteiger charge is -2.26. The van der Waals surface area contributed by atoms with Crippen LogP contribution in [0.3, 0.4) is 0 Å². The minimum Gasteiger partial charge on any atom is -0.465 e. The van der Waals surface area contributed by atoms with Crippen LogP contribution in [0.4, 0.5) is 5.95 Å². The number of carbonyl (C=O) groups is 1. The van der Waals surface area contributed by atoms with E-state index >= 15 is 0 Å². The molecule has 1 aliphatic heterocycles. The summed E-state index contributed by atoms with van der Waals surface area (Å²) in [5.41, 5.74) is 0. The molecule has 0 bridgehead atoms. The van der Waals surface area contributed by atoms with Gasteiger partial charge >= 0.3 is 5.97 Å². The van der Waals surface area contributed by atoms with E-state index in [4.69, 9.17) is 25.8 Å². The highest BCUT2D eigenvalue weighted by molar-refractivity contribution is 6.29. The third kappa shape index (κ3) is 4.21. The highest BCUT2D eigenvalue weighted by atomic mass is 35.5. The summed E-state index contributed by atoms with van der Waals surface area (Å²) in [6, 6.07) is 1.46. The molecule has 1 saturated heterocycles. The van der Waals surface area contributed by atoms with Gasteiger partial charge in [-0.2, -0.15) is 4.98 Å². The second kappa shape index (κ2) is 7.25. The number of halogens is 1. The van der Waals surface area contributed by atoms with E-state index in [0.717, 1.165) is 0 Å². The van der Waals surface area contributed by atoms with Crippen LogP contribution in [-0.2, 0) is 14.3 Å². The Bertz CT molecular complexity index is 466. The molecule has 0 radical (unpaired) electrons. The van der Waals surface area contributed by atoms with Crippen LogP contribution < -0.4 is 9.64 Å². The summed E-state index contributed by atoms with van der Waals surface area (Å²) < 4.78 is 15.3. The third-order valence-corrected chi connectivity index (χ3v) is 2.79. The predicted octanol–water partition coefficient (Wildman–Crippen LogP) is 0.909. The summed E-state index contributed by atoms with van der Waals surface area (Å²) in [5, 5.41) is 0.264. The minimum absolute atomic E-state index is 0.205. The van der Waals surface area contributed by atoms with Crippen molar-refractivity contribution >= 4 is 23.5 Å². The fourth-order valence-corrected chi connectivity index (χ4v) is 1.87. The van der Waals surface area contributed by atoms with Crippen molar-refractivity contribution in [3.8, 4) is 5.88 Å². The molecule has 0 unspecified atom stereocenters. The average molecular weight is 302 g/mol. The number of ether oxygens (including phenoxy) is 3. The van der Waals surface area contributed by atoms with Gasteiger partial charge < -0.3 is 19.1 Å². The van der Waals surface area contributed by atoms with Crippen molar-refractivity contribution in [1.82, 2.24) is 9.97 Å². The lowest BCUT2D eigenvalue weighted by atomic mass is 10.4. The van der Waals surface area contributed by atoms with Gasteiger partial charge in [-0.05, 0) is 6.92 Å². The predicted molar refractivity (Wildman–Crippen MR) is 72.2 cm³/mol. The molecule has 2 rings (SSSR count). The van der Waals surface area contributed by atoms with Crippen LogP contribution in [0.5, 0.6) is 5.88 Å². The molecule has 1 fully saturated rings. The van der Waals surface area contributed by atoms with Crippen molar-refractivity contribution in [2.24, 2.45) is 0 Å². The smallest absolute Gasteiger partial charge is 0.344 e. The summed E-state index contributed by atoms with van der Waals surface area (Å²) in [5.74, 6) is 0.273. The Morgan fingerprint density at radius 1 is 1.45 bits per heavy atom. The molecule has 1 aromatic rings. The van der Waals surface area contributed by atoms with Gasteiger partial charge in [0.05, 0.1) is 19.8 Å². The maximum Gasteiger partial charge on any atom is 0.344 e. The highest BCUT2D eigenvalue weighted by Crippen LogP contribution is 2.19. The molecule has 2 heterocycles. The zero-order valence-electron chi connectivity index (χ0n) is 11.2. The Balaban J connectivity index is 2.02. The second-order valence-corrected chi connectivity index (χ2v) is 4.41. The summed E-state index contributed by atoms with van der Waals surface area (Å²) in [6.45, 7) is 4.46. The monoisotopic (exact) mass is 301 g/mol. The molecule has 20 heavy (non-hydrogen) atoms. The molecule has 0 atom stereocenters. The first-order valence-corrected chi connectivity index (χ1v) is 6.72. The highest BCUT2D eigenvalue weighted by Gasteiger charge is 2.16. The van der Waals surface area contributed by atoms with E-state index in [1.165, 1.54) is 6.07 Å². The first-order chi connectivity index (χ1) is 9.69. The van der Waals surface area contributed by atoms with Gasteiger partial charge in [0.25, 0.3) is 0 Å². The van der Waals surface area contributed by atoms with Gasteiger partial charge in [0, 0.05) is 19.2 Å². The number of hydrogen-bond acceptors (Lipinski definition) is 7. The fourth-order valence-electron chi connectivity index (χ4n) is 1.70. The van der Waals surface area contributed by atoms with E-state index < -0.39 is 5.97 Å². The van der Waals surface area contributed by atoms with Gasteiger partial charge in [-0.25, -0.2) is 9.78 Å². The van der Waals surface area contributed by atoms with Crippen LogP contribution in [0, 0.1) is 0 Å². The van der Waals surface area contributed by atoms with E-state index in [2.05, 4.69) is 9.97 Å². The topological polar surface area (TPSA) is 73.8 Å². The van der Waals surface area contributed by atoms with E-state index in [1.54, 1.807) is 6.92 Å². The van der Waals surface area contributed by atoms with Crippen LogP contribution in [0.2, 0.25) is 5.15 Å². The van der Waals surface area contributed by atoms with Crippen molar-refractivity contribution in [2.45, 2.75) is 6.92 Å². The van der Waals surface area contributed by atoms with Crippen molar-refractivity contribution in [3.05, 3.63) is 11.2 Å². The second-order valence-electron chi connectivity index (χ2n) is 4.02. The molecule has 0 aromatic carbocycles. The molecule has 1 aliphatic rings. The van der Waals surface area contributed by atoms with Gasteiger partial charge in [0.1, 0.15) is 5.15 Å². The number of esters is 1. The van der Waals surface area contributed by atoms with E-state index in [-0.39, 0.29) is 17.6 Å². The molecule has 0 spiro atoms. The molecule has 0 saturated carbocycles. The first kappa shape index (κ1) is 14.8. The molecule has 0 N–H and O–H groups in total. The number of aromatic nitrogens is 2. The van der Waals surface area contributed by atoms with Crippen molar-refractivity contribution in [2.75, 3.05) is 44.4 Å². The van der Waals surface area contributed by atoms with Gasteiger partial charge in [-0.3, -0.25) is 0 Å². The maximum absolute atomic E-state index is 11.2. The van der Waals surface area contributed by atoms with Crippen LogP contribution in [0.15, 0.2) is 6.07 Å². The van der Waals surface area contributed by atoms with Gasteiger partial charge in [0.2, 0.25) is 11.8 Å². The average Bonchev–Trinajstić information content (AvgIpc) is 2.46. The van der Waals surface area contributed by atoms with Crippen LogP contribution in [-0.4, -0.2) is 55.5 Å². The molecular formula is C12H16ClN3O4. The van der Waals surface area contributed by atoms with E-state index in [9.17, 15) is 4.79 Å². The quantitative estimate of drug-likeness (QED) is 0.591. The number of carbonyl (C=O) groups excluding carboxylic acids is 1. The molecule has 1 aromatic heterocycles. The van der Waals surface area contributed by atoms with Gasteiger partial charge in [-0.15, -0.1) is 0 Å². The Morgan fingerprint density at radius 2 is 2.20 bits per heavy atom. The normalized spacial score (nSPS) is 15.0. The van der Waals surface area contributed by atoms with Crippen LogP contribution in [0.1, 0.15) is 6.92 Å². The summed E-state index contributed by atoms with van der Waals surface area (Å²) in [4.78, 5) is 21.6. The molecule has 8 heteroatoms. The molecule has 0 amide bonds. The molecule has 110 valence electrons. The number of anilines is 1. The van der Waals surface area contributed by atoms with Gasteiger partial charge in [-0.1, -0.05) is 11.6 Å². The van der Waals surface area contributed by atoms with Crippen molar-refractivity contribution in [3.63, 3.8) is 0 Å². The van der Waals surface area contributed by atoms with E-state index in [1.807, 2.05) is 4.90 Å². The van der Waals surface area contributed by atoms with Crippen molar-refractivity contribution in [1.29, 1.82) is 0 Å². The Hall–Kier alpha value is -1.60. The molecule has 0 aliphatic carbocycles. The number of rotatable bonds is 5. The Kier molecular flexibility index (Phi) is 5.37. The minimum atomic E-state index is -0.449. The summed E-state index contributed by atoms with van der Waals surface area (Å²) in [6.07, 6.45) is 0. The fraction of sp³-hybridized carbons (Fsp3) is 0.583. The number of nitrogens with zero attached hydrogens (tertiary/aromatic N) is 3. The third-order valence-electron chi connectivity index (χ3n) is 2.60. The van der Waals surface area contributed by atoms with Gasteiger partial charge in [0.15, 0.2) is 6.61 Å². The summed E-state index contributed by atoms with van der Waals surface area (Å²) >= 11 is 5.94. The van der Waals surface area contributed by atoms with Crippen LogP contribution >= 0.6 is 11.6 Å². The van der Waals surface area contributed by atoms with Crippen molar-refractivity contribution < 1.29 is 19.0 Å². The molecule has 7 nitrogen and oxygen atoms in total. The Morgan fingerprint density at radius 3 is 2.90 bits per heavy atom. The zero-order chi connectivity index (χ0) is 14.4. The number of morpholine rings is 1. The SMILES string of the molecule is CCOC(=O)COc1cc(Cl)nc(N2CCOCC2)n1. The first-order valence-electron chi connectivity index (χ1n) is 6.34. The number of hydrogen-bond donors (Lipinski definition) is 0. The zero-order valence-corrected chi connectivity index (χ0v) is 11.9. The van der Waals surface area contributed by atoms with Crippen LogP contribution in [0.25, 0.3) is 0 Å². The largest absolute Gasteiger partial charge is 0.465 e. The standard InChI is InChI=1S/C12H16ClN3O4/c1-2-19-11(17)8-20-10-7-9(13)14-12(15-10)16-3-5-18-6-4-16/h7H,2-6,8H2,1H3. The van der Waals surface area contributed by atoms with E-state index in [0.29, 0.717) is 38.9 Å². The Labute approximate surface area is 121 Å². The maximum atomic E-state index is 11.2. The molecular weight excluding hydrogens is 286 g/mol. The lowest BCUT2D eigenvalue weighted by Crippen LogP contribution is -2.37. The lowest BCUT2D eigenvalue weighted by molar-refractivity contribution is -0.145.